The molecule has 1 aliphatic heterocycles. The molecule has 0 saturated carbocycles. The molecule has 4 nitrogen and oxygen atoms in total. The molecular weight excluding hydrogens is 360 g/mol. The maximum Gasteiger partial charge on any atom is 0.136 e. The van der Waals surface area contributed by atoms with E-state index < -0.39 is 0 Å². The summed E-state index contributed by atoms with van der Waals surface area (Å²) in [6.45, 7) is 2.20. The van der Waals surface area contributed by atoms with Crippen molar-refractivity contribution in [1.82, 2.24) is 8.99 Å². The van der Waals surface area contributed by atoms with E-state index in [1.165, 1.54) is 0 Å². The molecule has 0 bridgehead atoms. The first-order valence-electron chi connectivity index (χ1n) is 9.15. The van der Waals surface area contributed by atoms with Crippen LogP contribution in [-0.4, -0.2) is 36.2 Å². The van der Waals surface area contributed by atoms with Crippen molar-refractivity contribution in [2.24, 2.45) is 0 Å². The van der Waals surface area contributed by atoms with Crippen molar-refractivity contribution in [3.8, 4) is 33.9 Å². The second-order valence-electron chi connectivity index (χ2n) is 6.98. The van der Waals surface area contributed by atoms with Crippen LogP contribution in [-0.2, 0) is 11.3 Å². The van der Waals surface area contributed by atoms with Gasteiger partial charge in [-0.05, 0) is 51.3 Å². The topological polar surface area (TPSA) is 26.6 Å². The predicted molar refractivity (Wildman–Crippen MR) is 109 cm³/mol. The smallest absolute Gasteiger partial charge is 0.136 e. The predicted octanol–water partition coefficient (Wildman–Crippen LogP) is 5.40. The fourth-order valence-electron chi connectivity index (χ4n) is 3.40. The summed E-state index contributed by atoms with van der Waals surface area (Å²) in [5, 5.41) is 0. The van der Waals surface area contributed by atoms with Gasteiger partial charge in [-0.25, -0.2) is 0 Å². The lowest BCUT2D eigenvalue weighted by Gasteiger charge is -2.11. The highest BCUT2D eigenvalue weighted by Gasteiger charge is 2.25. The molecule has 3 aromatic rings. The lowest BCUT2D eigenvalue weighted by molar-refractivity contribution is 0.110. The standard InChI is InChI=1S/C22H23ClN2O2/c1-24(2)12-7-13-26-15-16-14-19-17-8-3-5-10-20(17)27-21-11-6-4-9-18(21)22(19)25(16)23/h3-6,8-11,14H,7,12-13,15H2,1-2H3. The molecule has 0 spiro atoms. The molecule has 0 saturated heterocycles. The molecule has 0 unspecified atom stereocenters. The lowest BCUT2D eigenvalue weighted by atomic mass is 10.0. The summed E-state index contributed by atoms with van der Waals surface area (Å²) >= 11 is 6.75. The second-order valence-corrected chi connectivity index (χ2v) is 7.32. The first kappa shape index (κ1) is 18.1. The van der Waals surface area contributed by atoms with Gasteiger partial charge in [-0.3, -0.25) is 4.09 Å². The van der Waals surface area contributed by atoms with Gasteiger partial charge in [0.05, 0.1) is 18.0 Å². The third-order valence-electron chi connectivity index (χ3n) is 4.70. The molecule has 27 heavy (non-hydrogen) atoms. The number of halogens is 1. The number of fused-ring (bicyclic) bond motifs is 5. The molecule has 0 amide bonds. The summed E-state index contributed by atoms with van der Waals surface area (Å²) in [7, 11) is 4.13. The van der Waals surface area contributed by atoms with Crippen LogP contribution in [0.25, 0.3) is 22.4 Å². The van der Waals surface area contributed by atoms with Gasteiger partial charge in [0.2, 0.25) is 0 Å². The van der Waals surface area contributed by atoms with E-state index in [0.717, 1.165) is 52.5 Å². The molecule has 2 aromatic carbocycles. The molecule has 5 heteroatoms. The van der Waals surface area contributed by atoms with E-state index in [1.54, 1.807) is 4.09 Å². The van der Waals surface area contributed by atoms with Crippen molar-refractivity contribution in [1.29, 1.82) is 0 Å². The minimum atomic E-state index is 0.481. The normalized spacial score (nSPS) is 12.1. The van der Waals surface area contributed by atoms with Gasteiger partial charge in [0.25, 0.3) is 0 Å². The summed E-state index contributed by atoms with van der Waals surface area (Å²) < 4.78 is 13.8. The van der Waals surface area contributed by atoms with Crippen LogP contribution in [0.3, 0.4) is 0 Å². The van der Waals surface area contributed by atoms with Gasteiger partial charge in [-0.15, -0.1) is 0 Å². The Kier molecular flexibility index (Phi) is 5.21. The van der Waals surface area contributed by atoms with E-state index in [0.29, 0.717) is 13.2 Å². The number of aromatic nitrogens is 1. The van der Waals surface area contributed by atoms with E-state index in [2.05, 4.69) is 31.1 Å². The number of para-hydroxylation sites is 2. The van der Waals surface area contributed by atoms with Crippen LogP contribution < -0.4 is 4.74 Å². The van der Waals surface area contributed by atoms with E-state index in [4.69, 9.17) is 21.3 Å². The van der Waals surface area contributed by atoms with Gasteiger partial charge >= 0.3 is 0 Å². The van der Waals surface area contributed by atoms with Crippen molar-refractivity contribution < 1.29 is 9.47 Å². The number of ether oxygens (including phenoxy) is 2. The van der Waals surface area contributed by atoms with Gasteiger partial charge < -0.3 is 14.4 Å². The Hall–Kier alpha value is -2.27. The fourth-order valence-corrected chi connectivity index (χ4v) is 3.68. The number of hydrogen-bond donors (Lipinski definition) is 0. The van der Waals surface area contributed by atoms with Crippen LogP contribution in [0, 0.1) is 0 Å². The van der Waals surface area contributed by atoms with E-state index >= 15 is 0 Å². The zero-order valence-electron chi connectivity index (χ0n) is 15.6. The molecule has 0 atom stereocenters. The summed E-state index contributed by atoms with van der Waals surface area (Å²) in [6.07, 6.45) is 0.995. The third-order valence-corrected chi connectivity index (χ3v) is 5.08. The average molecular weight is 383 g/mol. The van der Waals surface area contributed by atoms with Crippen LogP contribution in [0.15, 0.2) is 54.6 Å². The third kappa shape index (κ3) is 3.61. The Labute approximate surface area is 165 Å². The van der Waals surface area contributed by atoms with Crippen molar-refractivity contribution in [3.63, 3.8) is 0 Å². The van der Waals surface area contributed by atoms with Gasteiger partial charge in [-0.1, -0.05) is 30.3 Å². The summed E-state index contributed by atoms with van der Waals surface area (Å²) in [6, 6.07) is 18.2. The van der Waals surface area contributed by atoms with Crippen LogP contribution in [0.1, 0.15) is 12.1 Å². The van der Waals surface area contributed by atoms with E-state index in [9.17, 15) is 0 Å². The van der Waals surface area contributed by atoms with Crippen molar-refractivity contribution >= 4 is 11.8 Å². The Morgan fingerprint density at radius 2 is 1.63 bits per heavy atom. The highest BCUT2D eigenvalue weighted by Crippen LogP contribution is 2.48. The quantitative estimate of drug-likeness (QED) is 0.418. The van der Waals surface area contributed by atoms with Gasteiger partial charge in [0, 0.05) is 35.1 Å². The molecule has 4 rings (SSSR count). The summed E-state index contributed by atoms with van der Waals surface area (Å²) in [5.41, 5.74) is 4.98. The largest absolute Gasteiger partial charge is 0.456 e. The van der Waals surface area contributed by atoms with Crippen LogP contribution in [0.2, 0.25) is 0 Å². The molecule has 1 aliphatic rings. The molecule has 0 fully saturated rings. The maximum absolute atomic E-state index is 6.75. The van der Waals surface area contributed by atoms with Crippen LogP contribution in [0.4, 0.5) is 0 Å². The Morgan fingerprint density at radius 1 is 0.963 bits per heavy atom. The first-order valence-corrected chi connectivity index (χ1v) is 9.49. The molecule has 140 valence electrons. The van der Waals surface area contributed by atoms with Crippen molar-refractivity contribution in [3.05, 3.63) is 60.3 Å². The summed E-state index contributed by atoms with van der Waals surface area (Å²) in [5.74, 6) is 1.64. The molecule has 1 aromatic heterocycles. The minimum absolute atomic E-state index is 0.481. The molecule has 0 radical (unpaired) electrons. The average Bonchev–Trinajstić information content (AvgIpc) is 2.90. The molecule has 0 N–H and O–H groups in total. The summed E-state index contributed by atoms with van der Waals surface area (Å²) in [4.78, 5) is 2.16. The van der Waals surface area contributed by atoms with Crippen molar-refractivity contribution in [2.75, 3.05) is 27.2 Å². The number of benzene rings is 2. The Balaban J connectivity index is 1.69. The fraction of sp³-hybridized carbons (Fsp3) is 0.273. The molecule has 2 heterocycles. The number of hydrogen-bond acceptors (Lipinski definition) is 3. The van der Waals surface area contributed by atoms with E-state index in [1.807, 2.05) is 42.5 Å². The van der Waals surface area contributed by atoms with Gasteiger partial charge in [-0.2, -0.15) is 0 Å². The highest BCUT2D eigenvalue weighted by molar-refractivity contribution is 6.19. The second kappa shape index (κ2) is 7.77. The Morgan fingerprint density at radius 3 is 2.37 bits per heavy atom. The molecular formula is C22H23ClN2O2. The SMILES string of the molecule is CN(C)CCCOCc1cc2c(n1Cl)-c1ccccc1Oc1ccccc1-2. The van der Waals surface area contributed by atoms with Crippen LogP contribution >= 0.6 is 11.8 Å². The van der Waals surface area contributed by atoms with Crippen molar-refractivity contribution in [2.45, 2.75) is 13.0 Å². The highest BCUT2D eigenvalue weighted by atomic mass is 35.5. The van der Waals surface area contributed by atoms with Crippen LogP contribution in [0.5, 0.6) is 11.5 Å². The maximum atomic E-state index is 6.75. The monoisotopic (exact) mass is 382 g/mol. The first-order chi connectivity index (χ1) is 13.1. The Bertz CT molecular complexity index is 949. The number of nitrogens with zero attached hydrogens (tertiary/aromatic N) is 2. The molecule has 0 aliphatic carbocycles. The number of rotatable bonds is 6. The minimum Gasteiger partial charge on any atom is -0.456 e. The zero-order valence-corrected chi connectivity index (χ0v) is 16.4. The lowest BCUT2D eigenvalue weighted by Crippen LogP contribution is -2.14. The van der Waals surface area contributed by atoms with Gasteiger partial charge in [0.1, 0.15) is 11.5 Å². The van der Waals surface area contributed by atoms with Gasteiger partial charge in [0.15, 0.2) is 0 Å². The zero-order chi connectivity index (χ0) is 18.8. The van der Waals surface area contributed by atoms with E-state index in [-0.39, 0.29) is 0 Å².